The summed E-state index contributed by atoms with van der Waals surface area (Å²) in [5.74, 6) is 0.722. The lowest BCUT2D eigenvalue weighted by molar-refractivity contribution is 0.146. The van der Waals surface area contributed by atoms with E-state index < -0.39 is 0 Å². The minimum absolute atomic E-state index is 0.253. The Balaban J connectivity index is 2.33. The van der Waals surface area contributed by atoms with Gasteiger partial charge in [-0.25, -0.2) is 0 Å². The Hall–Kier alpha value is -0.890. The molecule has 0 amide bonds. The van der Waals surface area contributed by atoms with Crippen LogP contribution in [0.25, 0.3) is 0 Å². The zero-order chi connectivity index (χ0) is 9.31. The van der Waals surface area contributed by atoms with Crippen LogP contribution in [0.15, 0.2) is 24.5 Å². The van der Waals surface area contributed by atoms with Gasteiger partial charge in [0.25, 0.3) is 0 Å². The number of rotatable bonds is 2. The van der Waals surface area contributed by atoms with E-state index in [0.717, 1.165) is 12.5 Å². The number of hydrogen-bond acceptors (Lipinski definition) is 2. The van der Waals surface area contributed by atoms with Crippen LogP contribution in [0.5, 0.6) is 0 Å². The predicted octanol–water partition coefficient (Wildman–Crippen LogP) is 1.71. The van der Waals surface area contributed by atoms with Gasteiger partial charge in [0.2, 0.25) is 0 Å². The molecule has 2 unspecified atom stereocenters. The van der Waals surface area contributed by atoms with Crippen LogP contribution in [0.3, 0.4) is 0 Å². The summed E-state index contributed by atoms with van der Waals surface area (Å²) in [4.78, 5) is 4.04. The maximum atomic E-state index is 5.87. The molecule has 1 heterocycles. The molecule has 1 aromatic heterocycles. The van der Waals surface area contributed by atoms with E-state index in [0.29, 0.717) is 0 Å². The third-order valence-electron chi connectivity index (χ3n) is 3.59. The van der Waals surface area contributed by atoms with Gasteiger partial charge in [-0.2, -0.15) is 0 Å². The van der Waals surface area contributed by atoms with E-state index >= 15 is 0 Å². The second-order valence-corrected chi connectivity index (χ2v) is 4.04. The zero-order valence-electron chi connectivity index (χ0n) is 8.03. The maximum absolute atomic E-state index is 5.87. The van der Waals surface area contributed by atoms with E-state index in [-0.39, 0.29) is 5.41 Å². The highest BCUT2D eigenvalue weighted by Crippen LogP contribution is 2.47. The molecule has 1 fully saturated rings. The minimum Gasteiger partial charge on any atom is -0.330 e. The molecule has 2 N–H and O–H groups in total. The summed E-state index contributed by atoms with van der Waals surface area (Å²) in [5, 5.41) is 0. The second kappa shape index (κ2) is 3.11. The lowest BCUT2D eigenvalue weighted by Crippen LogP contribution is -2.48. The van der Waals surface area contributed by atoms with Gasteiger partial charge in [0.05, 0.1) is 0 Å². The van der Waals surface area contributed by atoms with Gasteiger partial charge in [-0.1, -0.05) is 6.92 Å². The molecule has 0 radical (unpaired) electrons. The topological polar surface area (TPSA) is 38.9 Å². The quantitative estimate of drug-likeness (QED) is 0.745. The van der Waals surface area contributed by atoms with Crippen LogP contribution in [0, 0.1) is 5.92 Å². The van der Waals surface area contributed by atoms with Gasteiger partial charge in [0, 0.05) is 24.4 Å². The van der Waals surface area contributed by atoms with Crippen molar-refractivity contribution in [2.75, 3.05) is 6.54 Å². The van der Waals surface area contributed by atoms with E-state index in [4.69, 9.17) is 5.73 Å². The number of nitrogens with zero attached hydrogens (tertiary/aromatic N) is 1. The molecule has 0 saturated heterocycles. The van der Waals surface area contributed by atoms with E-state index in [1.165, 1.54) is 18.4 Å². The highest BCUT2D eigenvalue weighted by Gasteiger charge is 2.43. The number of hydrogen-bond donors (Lipinski definition) is 1. The third kappa shape index (κ3) is 1.17. The van der Waals surface area contributed by atoms with Gasteiger partial charge in [-0.05, 0) is 36.5 Å². The Morgan fingerprint density at radius 2 is 2.23 bits per heavy atom. The summed E-state index contributed by atoms with van der Waals surface area (Å²) in [5.41, 5.74) is 7.49. The van der Waals surface area contributed by atoms with Crippen LogP contribution in [-0.2, 0) is 5.41 Å². The Kier molecular flexibility index (Phi) is 2.08. The van der Waals surface area contributed by atoms with Gasteiger partial charge in [0.1, 0.15) is 0 Å². The van der Waals surface area contributed by atoms with Crippen LogP contribution in [0.2, 0.25) is 0 Å². The fourth-order valence-electron chi connectivity index (χ4n) is 2.32. The minimum atomic E-state index is 0.253. The predicted molar refractivity (Wildman–Crippen MR) is 53.4 cm³/mol. The van der Waals surface area contributed by atoms with Crippen molar-refractivity contribution in [1.82, 2.24) is 4.98 Å². The molecule has 1 aliphatic carbocycles. The molecule has 2 heteroatoms. The number of pyridine rings is 1. The fraction of sp³-hybridized carbons (Fsp3) is 0.545. The summed E-state index contributed by atoms with van der Waals surface area (Å²) in [6.45, 7) is 3.05. The van der Waals surface area contributed by atoms with Gasteiger partial charge in [-0.15, -0.1) is 0 Å². The van der Waals surface area contributed by atoms with Crippen molar-refractivity contribution in [3.05, 3.63) is 30.1 Å². The zero-order valence-corrected chi connectivity index (χ0v) is 8.03. The van der Waals surface area contributed by atoms with Crippen LogP contribution in [0.4, 0.5) is 0 Å². The first kappa shape index (κ1) is 8.70. The first-order valence-electron chi connectivity index (χ1n) is 4.90. The van der Waals surface area contributed by atoms with Gasteiger partial charge in [-0.3, -0.25) is 4.98 Å². The standard InChI is InChI=1S/C11H16N2/c1-9-2-5-11(9,8-12)10-3-6-13-7-4-10/h3-4,6-7,9H,2,5,8,12H2,1H3. The summed E-state index contributed by atoms with van der Waals surface area (Å²) >= 11 is 0. The molecule has 2 atom stereocenters. The SMILES string of the molecule is CC1CCC1(CN)c1ccncc1. The molecule has 0 bridgehead atoms. The molecular weight excluding hydrogens is 160 g/mol. The number of aromatic nitrogens is 1. The van der Waals surface area contributed by atoms with Crippen molar-refractivity contribution in [2.45, 2.75) is 25.2 Å². The normalized spacial score (nSPS) is 32.6. The van der Waals surface area contributed by atoms with Crippen molar-refractivity contribution in [2.24, 2.45) is 11.7 Å². The molecule has 2 nitrogen and oxygen atoms in total. The van der Waals surface area contributed by atoms with Gasteiger partial charge in [0.15, 0.2) is 0 Å². The van der Waals surface area contributed by atoms with E-state index in [1.807, 2.05) is 12.4 Å². The first-order chi connectivity index (χ1) is 6.29. The fourth-order valence-corrected chi connectivity index (χ4v) is 2.32. The smallest absolute Gasteiger partial charge is 0.0270 e. The van der Waals surface area contributed by atoms with E-state index in [2.05, 4.69) is 24.0 Å². The van der Waals surface area contributed by atoms with Crippen LogP contribution in [-0.4, -0.2) is 11.5 Å². The average molecular weight is 176 g/mol. The molecule has 0 spiro atoms. The molecule has 1 aromatic rings. The van der Waals surface area contributed by atoms with Crippen molar-refractivity contribution in [1.29, 1.82) is 0 Å². The maximum Gasteiger partial charge on any atom is 0.0270 e. The molecule has 2 rings (SSSR count). The lowest BCUT2D eigenvalue weighted by Gasteiger charge is -2.48. The van der Waals surface area contributed by atoms with Crippen LogP contribution in [0.1, 0.15) is 25.3 Å². The Bertz CT molecular complexity index is 279. The Labute approximate surface area is 79.2 Å². The van der Waals surface area contributed by atoms with Gasteiger partial charge >= 0.3 is 0 Å². The molecular formula is C11H16N2. The summed E-state index contributed by atoms with van der Waals surface area (Å²) in [6.07, 6.45) is 6.25. The van der Waals surface area contributed by atoms with Crippen LogP contribution >= 0.6 is 0 Å². The summed E-state index contributed by atoms with van der Waals surface area (Å²) in [7, 11) is 0. The molecule has 0 aromatic carbocycles. The van der Waals surface area contributed by atoms with E-state index in [9.17, 15) is 0 Å². The van der Waals surface area contributed by atoms with Crippen molar-refractivity contribution < 1.29 is 0 Å². The highest BCUT2D eigenvalue weighted by atomic mass is 14.7. The monoisotopic (exact) mass is 176 g/mol. The second-order valence-electron chi connectivity index (χ2n) is 4.04. The molecule has 70 valence electrons. The summed E-state index contributed by atoms with van der Waals surface area (Å²) in [6, 6.07) is 4.20. The molecule has 13 heavy (non-hydrogen) atoms. The van der Waals surface area contributed by atoms with Crippen molar-refractivity contribution in [3.63, 3.8) is 0 Å². The first-order valence-corrected chi connectivity index (χ1v) is 4.90. The van der Waals surface area contributed by atoms with Crippen molar-refractivity contribution >= 4 is 0 Å². The molecule has 1 aliphatic rings. The molecule has 0 aliphatic heterocycles. The Morgan fingerprint density at radius 1 is 1.54 bits per heavy atom. The average Bonchev–Trinajstić information content (AvgIpc) is 2.19. The highest BCUT2D eigenvalue weighted by molar-refractivity contribution is 5.27. The summed E-state index contributed by atoms with van der Waals surface area (Å²) < 4.78 is 0. The molecule has 1 saturated carbocycles. The number of nitrogens with two attached hydrogens (primary N) is 1. The Morgan fingerprint density at radius 3 is 2.62 bits per heavy atom. The van der Waals surface area contributed by atoms with E-state index in [1.54, 1.807) is 0 Å². The largest absolute Gasteiger partial charge is 0.330 e. The third-order valence-corrected chi connectivity index (χ3v) is 3.59. The van der Waals surface area contributed by atoms with Crippen LogP contribution < -0.4 is 5.73 Å². The van der Waals surface area contributed by atoms with Crippen molar-refractivity contribution in [3.8, 4) is 0 Å². The van der Waals surface area contributed by atoms with Gasteiger partial charge < -0.3 is 5.73 Å². The lowest BCUT2D eigenvalue weighted by atomic mass is 9.57.